The van der Waals surface area contributed by atoms with E-state index in [1.54, 1.807) is 0 Å². The molecule has 0 radical (unpaired) electrons. The zero-order valence-corrected chi connectivity index (χ0v) is 15.1. The maximum atomic E-state index is 11.9. The summed E-state index contributed by atoms with van der Waals surface area (Å²) >= 11 is 0. The molecule has 0 aliphatic heterocycles. The predicted octanol–water partition coefficient (Wildman–Crippen LogP) is 1.69. The van der Waals surface area contributed by atoms with Gasteiger partial charge in [-0.15, -0.1) is 0 Å². The van der Waals surface area contributed by atoms with Gasteiger partial charge >= 0.3 is 0 Å². The molecule has 0 spiro atoms. The van der Waals surface area contributed by atoms with Crippen LogP contribution in [-0.2, 0) is 19.1 Å². The Kier molecular flexibility index (Phi) is 10.9. The molecule has 1 aliphatic rings. The summed E-state index contributed by atoms with van der Waals surface area (Å²) in [6.07, 6.45) is 4.98. The molecule has 0 atom stereocenters. The van der Waals surface area contributed by atoms with E-state index in [4.69, 9.17) is 14.6 Å². The first-order valence-corrected chi connectivity index (χ1v) is 9.11. The number of ketones is 1. The minimum Gasteiger partial charge on any atom is -0.394 e. The van der Waals surface area contributed by atoms with Crippen molar-refractivity contribution >= 4 is 11.7 Å². The molecule has 0 bridgehead atoms. The molecule has 0 aromatic carbocycles. The van der Waals surface area contributed by atoms with E-state index in [-0.39, 0.29) is 24.5 Å². The highest BCUT2D eigenvalue weighted by Crippen LogP contribution is 2.28. The maximum Gasteiger partial charge on any atom is 0.222 e. The van der Waals surface area contributed by atoms with Crippen LogP contribution in [0, 0.1) is 11.8 Å². The second-order valence-electron chi connectivity index (χ2n) is 6.81. The number of carbonyl (C=O) groups excluding carboxylic acids is 2. The second kappa shape index (κ2) is 12.4. The van der Waals surface area contributed by atoms with Crippen LogP contribution >= 0.6 is 0 Å². The molecule has 1 fully saturated rings. The standard InChI is InChI=1S/C18H33NO5/c1-14(2)17(21)13-15-3-5-16(6-4-15)19-18(22)7-9-23-11-12-24-10-8-20/h14-16,20H,3-13H2,1-2H3,(H,19,22). The third-order valence-electron chi connectivity index (χ3n) is 4.43. The molecule has 1 saturated carbocycles. The number of hydrogen-bond donors (Lipinski definition) is 2. The quantitative estimate of drug-likeness (QED) is 0.527. The third kappa shape index (κ3) is 9.35. The highest BCUT2D eigenvalue weighted by molar-refractivity contribution is 5.80. The molecule has 6 heteroatoms. The number of hydrogen-bond acceptors (Lipinski definition) is 5. The van der Waals surface area contributed by atoms with Gasteiger partial charge in [-0.05, 0) is 31.6 Å². The Balaban J connectivity index is 2.05. The van der Waals surface area contributed by atoms with Gasteiger partial charge in [0.2, 0.25) is 5.91 Å². The van der Waals surface area contributed by atoms with E-state index in [2.05, 4.69) is 5.32 Å². The summed E-state index contributed by atoms with van der Waals surface area (Å²) < 4.78 is 10.4. The Bertz CT molecular complexity index is 364. The minimum absolute atomic E-state index is 0.0102. The predicted molar refractivity (Wildman–Crippen MR) is 91.7 cm³/mol. The van der Waals surface area contributed by atoms with Crippen molar-refractivity contribution in [1.29, 1.82) is 0 Å². The molecule has 6 nitrogen and oxygen atoms in total. The Morgan fingerprint density at radius 3 is 2.25 bits per heavy atom. The van der Waals surface area contributed by atoms with E-state index in [9.17, 15) is 9.59 Å². The molecular weight excluding hydrogens is 310 g/mol. The molecular formula is C18H33NO5. The van der Waals surface area contributed by atoms with Crippen LogP contribution in [0.5, 0.6) is 0 Å². The number of Topliss-reactive ketones (excluding diaryl/α,β-unsaturated/α-hetero) is 1. The van der Waals surface area contributed by atoms with Gasteiger partial charge in [-0.2, -0.15) is 0 Å². The Labute approximate surface area is 145 Å². The number of aliphatic hydroxyl groups excluding tert-OH is 1. The van der Waals surface area contributed by atoms with Gasteiger partial charge in [-0.25, -0.2) is 0 Å². The number of carbonyl (C=O) groups is 2. The zero-order valence-electron chi connectivity index (χ0n) is 15.1. The molecule has 1 amide bonds. The minimum atomic E-state index is 0.0102. The first-order chi connectivity index (χ1) is 11.5. The number of nitrogens with one attached hydrogen (secondary N) is 1. The van der Waals surface area contributed by atoms with Crippen molar-refractivity contribution in [3.05, 3.63) is 0 Å². The van der Waals surface area contributed by atoms with Crippen LogP contribution in [0.1, 0.15) is 52.4 Å². The zero-order chi connectivity index (χ0) is 17.8. The van der Waals surface area contributed by atoms with Crippen molar-refractivity contribution in [3.63, 3.8) is 0 Å². The van der Waals surface area contributed by atoms with Crippen molar-refractivity contribution in [1.82, 2.24) is 5.32 Å². The number of aliphatic hydroxyl groups is 1. The average molecular weight is 343 g/mol. The first kappa shape index (κ1) is 21.1. The summed E-state index contributed by atoms with van der Waals surface area (Å²) in [5.41, 5.74) is 0. The molecule has 140 valence electrons. The van der Waals surface area contributed by atoms with Gasteiger partial charge in [-0.1, -0.05) is 13.8 Å². The molecule has 0 saturated heterocycles. The Hall–Kier alpha value is -0.980. The Morgan fingerprint density at radius 1 is 1.04 bits per heavy atom. The lowest BCUT2D eigenvalue weighted by Crippen LogP contribution is -2.38. The van der Waals surface area contributed by atoms with E-state index < -0.39 is 0 Å². The summed E-state index contributed by atoms with van der Waals surface area (Å²) in [6.45, 7) is 5.48. The van der Waals surface area contributed by atoms with Gasteiger partial charge in [-0.3, -0.25) is 9.59 Å². The lowest BCUT2D eigenvalue weighted by atomic mass is 9.82. The van der Waals surface area contributed by atoms with Gasteiger partial charge in [0.15, 0.2) is 0 Å². The van der Waals surface area contributed by atoms with Crippen molar-refractivity contribution in [2.75, 3.05) is 33.0 Å². The van der Waals surface area contributed by atoms with Crippen LogP contribution in [0.15, 0.2) is 0 Å². The molecule has 0 aromatic heterocycles. The van der Waals surface area contributed by atoms with Gasteiger partial charge < -0.3 is 19.9 Å². The molecule has 24 heavy (non-hydrogen) atoms. The smallest absolute Gasteiger partial charge is 0.222 e. The fourth-order valence-electron chi connectivity index (χ4n) is 2.88. The van der Waals surface area contributed by atoms with Crippen molar-refractivity contribution < 1.29 is 24.2 Å². The number of rotatable bonds is 12. The topological polar surface area (TPSA) is 84.9 Å². The van der Waals surface area contributed by atoms with Gasteiger partial charge in [0.25, 0.3) is 0 Å². The summed E-state index contributed by atoms with van der Waals surface area (Å²) in [7, 11) is 0. The Morgan fingerprint density at radius 2 is 1.67 bits per heavy atom. The van der Waals surface area contributed by atoms with Crippen molar-refractivity contribution in [3.8, 4) is 0 Å². The maximum absolute atomic E-state index is 11.9. The van der Waals surface area contributed by atoms with Crippen LogP contribution in [0.3, 0.4) is 0 Å². The summed E-state index contributed by atoms with van der Waals surface area (Å²) in [6, 6.07) is 0.232. The monoisotopic (exact) mass is 343 g/mol. The van der Waals surface area contributed by atoms with Crippen LogP contribution in [-0.4, -0.2) is 55.9 Å². The average Bonchev–Trinajstić information content (AvgIpc) is 2.55. The van der Waals surface area contributed by atoms with Gasteiger partial charge in [0.05, 0.1) is 33.0 Å². The number of ether oxygens (including phenoxy) is 2. The third-order valence-corrected chi connectivity index (χ3v) is 4.43. The molecule has 0 unspecified atom stereocenters. The van der Waals surface area contributed by atoms with E-state index in [0.29, 0.717) is 51.0 Å². The fourth-order valence-corrected chi connectivity index (χ4v) is 2.88. The van der Waals surface area contributed by atoms with Crippen molar-refractivity contribution in [2.45, 2.75) is 58.4 Å². The van der Waals surface area contributed by atoms with Crippen LogP contribution in [0.25, 0.3) is 0 Å². The fraction of sp³-hybridized carbons (Fsp3) is 0.889. The SMILES string of the molecule is CC(C)C(=O)CC1CCC(NC(=O)CCOCCOCCO)CC1. The summed E-state index contributed by atoms with van der Waals surface area (Å²) in [4.78, 5) is 23.7. The highest BCUT2D eigenvalue weighted by atomic mass is 16.5. The van der Waals surface area contributed by atoms with Gasteiger partial charge in [0.1, 0.15) is 5.78 Å². The summed E-state index contributed by atoms with van der Waals surface area (Å²) in [5.74, 6) is 0.974. The van der Waals surface area contributed by atoms with E-state index in [1.807, 2.05) is 13.8 Å². The first-order valence-electron chi connectivity index (χ1n) is 9.11. The lowest BCUT2D eigenvalue weighted by molar-refractivity contribution is -0.124. The van der Waals surface area contributed by atoms with Crippen molar-refractivity contribution in [2.24, 2.45) is 11.8 Å². The molecule has 0 heterocycles. The molecule has 0 aromatic rings. The normalized spacial score (nSPS) is 21.0. The molecule has 2 N–H and O–H groups in total. The van der Waals surface area contributed by atoms with Crippen LogP contribution < -0.4 is 5.32 Å². The molecule has 1 rings (SSSR count). The number of amides is 1. The lowest BCUT2D eigenvalue weighted by Gasteiger charge is -2.29. The van der Waals surface area contributed by atoms with Crippen LogP contribution in [0.2, 0.25) is 0 Å². The largest absolute Gasteiger partial charge is 0.394 e. The highest BCUT2D eigenvalue weighted by Gasteiger charge is 2.24. The van der Waals surface area contributed by atoms with E-state index in [0.717, 1.165) is 25.7 Å². The van der Waals surface area contributed by atoms with Gasteiger partial charge in [0, 0.05) is 24.8 Å². The molecule has 1 aliphatic carbocycles. The second-order valence-corrected chi connectivity index (χ2v) is 6.81. The van der Waals surface area contributed by atoms with Crippen LogP contribution in [0.4, 0.5) is 0 Å². The van der Waals surface area contributed by atoms with E-state index in [1.165, 1.54) is 0 Å². The van der Waals surface area contributed by atoms with E-state index >= 15 is 0 Å². The summed E-state index contributed by atoms with van der Waals surface area (Å²) in [5, 5.41) is 11.6.